The van der Waals surface area contributed by atoms with Crippen LogP contribution in [0.2, 0.25) is 5.02 Å². The van der Waals surface area contributed by atoms with Gasteiger partial charge in [0.1, 0.15) is 22.8 Å². The highest BCUT2D eigenvalue weighted by Gasteiger charge is 2.27. The van der Waals surface area contributed by atoms with Gasteiger partial charge in [-0.15, -0.1) is 0 Å². The lowest BCUT2D eigenvalue weighted by atomic mass is 10.1. The molecule has 1 N–H and O–H groups in total. The summed E-state index contributed by atoms with van der Waals surface area (Å²) in [5.41, 5.74) is 1.30. The Kier molecular flexibility index (Phi) is 6.34. The topological polar surface area (TPSA) is 81.4 Å². The number of benzene rings is 2. The molecule has 0 unspecified atom stereocenters. The summed E-state index contributed by atoms with van der Waals surface area (Å²) in [7, 11) is 0. The lowest BCUT2D eigenvalue weighted by molar-refractivity contribution is -0.119. The maximum Gasteiger partial charge on any atom is 0.344 e. The van der Waals surface area contributed by atoms with E-state index in [-0.39, 0.29) is 27.6 Å². The summed E-state index contributed by atoms with van der Waals surface area (Å²) < 4.78 is 25.0. The van der Waals surface area contributed by atoms with Gasteiger partial charge in [0.05, 0.1) is 16.3 Å². The summed E-state index contributed by atoms with van der Waals surface area (Å²) >= 11 is 9.41. The standard InChI is InChI=1S/C20H15BrClFN2O4/c1-10-6-7-15(12(21)8-10)24-16(26)9-28-20(27)17-11(2)29-25-19(17)18-13(22)4-3-5-14(18)23/h3-8H,9H2,1-2H3,(H,24,26). The zero-order valence-corrected chi connectivity index (χ0v) is 17.7. The minimum absolute atomic E-state index is 0.0642. The van der Waals surface area contributed by atoms with E-state index in [0.717, 1.165) is 5.56 Å². The van der Waals surface area contributed by atoms with Crippen LogP contribution in [0.1, 0.15) is 21.7 Å². The van der Waals surface area contributed by atoms with Crippen molar-refractivity contribution >= 4 is 45.1 Å². The normalized spacial score (nSPS) is 10.7. The van der Waals surface area contributed by atoms with Crippen molar-refractivity contribution in [3.05, 3.63) is 68.6 Å². The SMILES string of the molecule is Cc1ccc(NC(=O)COC(=O)c2c(-c3c(F)cccc3Cl)noc2C)c(Br)c1. The highest BCUT2D eigenvalue weighted by atomic mass is 79.9. The lowest BCUT2D eigenvalue weighted by Gasteiger charge is -2.09. The highest BCUT2D eigenvalue weighted by Crippen LogP contribution is 2.33. The number of halogens is 3. The molecule has 3 aromatic rings. The predicted molar refractivity (Wildman–Crippen MR) is 109 cm³/mol. The summed E-state index contributed by atoms with van der Waals surface area (Å²) in [6.07, 6.45) is 0. The van der Waals surface area contributed by atoms with Crippen molar-refractivity contribution in [1.29, 1.82) is 0 Å². The van der Waals surface area contributed by atoms with E-state index in [2.05, 4.69) is 26.4 Å². The molecule has 2 aromatic carbocycles. The molecule has 0 atom stereocenters. The smallest absolute Gasteiger partial charge is 0.344 e. The number of ether oxygens (including phenoxy) is 1. The molecule has 0 bridgehead atoms. The molecule has 3 rings (SSSR count). The number of nitrogens with zero attached hydrogens (tertiary/aromatic N) is 1. The average molecular weight is 482 g/mol. The number of rotatable bonds is 5. The van der Waals surface area contributed by atoms with Crippen LogP contribution in [0.15, 0.2) is 45.4 Å². The molecule has 0 fully saturated rings. The van der Waals surface area contributed by atoms with Crippen LogP contribution in [0.4, 0.5) is 10.1 Å². The van der Waals surface area contributed by atoms with Gasteiger partial charge in [-0.1, -0.05) is 28.9 Å². The van der Waals surface area contributed by atoms with Crippen LogP contribution in [-0.2, 0) is 9.53 Å². The number of carbonyl (C=O) groups is 2. The first-order chi connectivity index (χ1) is 13.8. The van der Waals surface area contributed by atoms with Crippen LogP contribution >= 0.6 is 27.5 Å². The van der Waals surface area contributed by atoms with Crippen LogP contribution in [0.3, 0.4) is 0 Å². The van der Waals surface area contributed by atoms with Crippen molar-refractivity contribution in [2.75, 3.05) is 11.9 Å². The molecule has 6 nitrogen and oxygen atoms in total. The number of amides is 1. The molecular weight excluding hydrogens is 467 g/mol. The van der Waals surface area contributed by atoms with E-state index in [9.17, 15) is 14.0 Å². The van der Waals surface area contributed by atoms with Crippen LogP contribution in [0.25, 0.3) is 11.3 Å². The molecule has 0 aliphatic heterocycles. The Morgan fingerprint density at radius 2 is 2.03 bits per heavy atom. The monoisotopic (exact) mass is 480 g/mol. The van der Waals surface area contributed by atoms with Crippen molar-refractivity contribution < 1.29 is 23.2 Å². The van der Waals surface area contributed by atoms with Gasteiger partial charge < -0.3 is 14.6 Å². The molecule has 0 saturated heterocycles. The van der Waals surface area contributed by atoms with Crippen LogP contribution < -0.4 is 5.32 Å². The molecule has 0 spiro atoms. The molecule has 0 saturated carbocycles. The number of nitrogens with one attached hydrogen (secondary N) is 1. The number of anilines is 1. The third-order valence-electron chi connectivity index (χ3n) is 4.00. The fourth-order valence-electron chi connectivity index (χ4n) is 2.62. The molecule has 0 aliphatic rings. The van der Waals surface area contributed by atoms with E-state index in [4.69, 9.17) is 20.9 Å². The van der Waals surface area contributed by atoms with Crippen LogP contribution in [0.5, 0.6) is 0 Å². The molecule has 1 aromatic heterocycles. The maximum atomic E-state index is 14.2. The Labute approximate surface area is 179 Å². The predicted octanol–water partition coefficient (Wildman–Crippen LogP) is 5.31. The van der Waals surface area contributed by atoms with Gasteiger partial charge in [-0.25, -0.2) is 9.18 Å². The van der Waals surface area contributed by atoms with E-state index >= 15 is 0 Å². The first-order valence-corrected chi connectivity index (χ1v) is 9.58. The van der Waals surface area contributed by atoms with E-state index in [1.54, 1.807) is 6.07 Å². The van der Waals surface area contributed by atoms with Gasteiger partial charge in [0.25, 0.3) is 5.91 Å². The number of aromatic nitrogens is 1. The van der Waals surface area contributed by atoms with Gasteiger partial charge in [-0.3, -0.25) is 4.79 Å². The summed E-state index contributed by atoms with van der Waals surface area (Å²) in [5.74, 6) is -1.97. The average Bonchev–Trinajstić information content (AvgIpc) is 3.03. The first-order valence-electron chi connectivity index (χ1n) is 8.41. The van der Waals surface area contributed by atoms with Crippen LogP contribution in [-0.4, -0.2) is 23.6 Å². The van der Waals surface area contributed by atoms with Crippen molar-refractivity contribution in [2.45, 2.75) is 13.8 Å². The van der Waals surface area contributed by atoms with Gasteiger partial charge in [0.2, 0.25) is 0 Å². The van der Waals surface area contributed by atoms with E-state index in [0.29, 0.717) is 10.2 Å². The lowest BCUT2D eigenvalue weighted by Crippen LogP contribution is -2.21. The zero-order valence-electron chi connectivity index (χ0n) is 15.4. The molecule has 150 valence electrons. The fourth-order valence-corrected chi connectivity index (χ4v) is 3.46. The van der Waals surface area contributed by atoms with Crippen molar-refractivity contribution in [1.82, 2.24) is 5.16 Å². The largest absolute Gasteiger partial charge is 0.452 e. The molecule has 0 aliphatic carbocycles. The first kappa shape index (κ1) is 21.0. The number of carbonyl (C=O) groups excluding carboxylic acids is 2. The summed E-state index contributed by atoms with van der Waals surface area (Å²) in [6.45, 7) is 2.85. The summed E-state index contributed by atoms with van der Waals surface area (Å²) in [4.78, 5) is 24.7. The maximum absolute atomic E-state index is 14.2. The Morgan fingerprint density at radius 3 is 2.72 bits per heavy atom. The second-order valence-electron chi connectivity index (χ2n) is 6.17. The van der Waals surface area contributed by atoms with Gasteiger partial charge in [-0.05, 0) is 59.6 Å². The number of esters is 1. The van der Waals surface area contributed by atoms with Crippen molar-refractivity contribution in [3.8, 4) is 11.3 Å². The van der Waals surface area contributed by atoms with Crippen LogP contribution in [0, 0.1) is 19.7 Å². The van der Waals surface area contributed by atoms with Gasteiger partial charge in [-0.2, -0.15) is 0 Å². The fraction of sp³-hybridized carbons (Fsp3) is 0.150. The number of aryl methyl sites for hydroxylation is 2. The third kappa shape index (κ3) is 4.65. The van der Waals surface area contributed by atoms with Gasteiger partial charge in [0, 0.05) is 4.47 Å². The Morgan fingerprint density at radius 1 is 1.28 bits per heavy atom. The van der Waals surface area contributed by atoms with Gasteiger partial charge in [0.15, 0.2) is 6.61 Å². The molecule has 0 radical (unpaired) electrons. The zero-order chi connectivity index (χ0) is 21.1. The van der Waals surface area contributed by atoms with E-state index in [1.165, 1.54) is 25.1 Å². The minimum atomic E-state index is -0.879. The molecule has 1 amide bonds. The molecule has 29 heavy (non-hydrogen) atoms. The Balaban J connectivity index is 1.75. The van der Waals surface area contributed by atoms with Crippen molar-refractivity contribution in [2.24, 2.45) is 0 Å². The third-order valence-corrected chi connectivity index (χ3v) is 4.97. The molecule has 1 heterocycles. The summed E-state index contributed by atoms with van der Waals surface area (Å²) in [5, 5.41) is 6.43. The van der Waals surface area contributed by atoms with E-state index in [1.807, 2.05) is 19.1 Å². The molecular formula is C20H15BrClFN2O4. The number of hydrogen-bond acceptors (Lipinski definition) is 5. The Hall–Kier alpha value is -2.71. The van der Waals surface area contributed by atoms with Crippen molar-refractivity contribution in [3.63, 3.8) is 0 Å². The summed E-state index contributed by atoms with van der Waals surface area (Å²) in [6, 6.07) is 9.48. The van der Waals surface area contributed by atoms with E-state index < -0.39 is 24.3 Å². The number of hydrogen-bond donors (Lipinski definition) is 1. The minimum Gasteiger partial charge on any atom is -0.452 e. The quantitative estimate of drug-likeness (QED) is 0.500. The second-order valence-corrected chi connectivity index (χ2v) is 7.43. The highest BCUT2D eigenvalue weighted by molar-refractivity contribution is 9.10. The molecule has 9 heteroatoms. The Bertz CT molecular complexity index is 1080. The van der Waals surface area contributed by atoms with Gasteiger partial charge >= 0.3 is 5.97 Å². The second kappa shape index (κ2) is 8.75.